The quantitative estimate of drug-likeness (QED) is 0.904. The second-order valence-electron chi connectivity index (χ2n) is 6.29. The Labute approximate surface area is 151 Å². The second-order valence-corrected chi connectivity index (χ2v) is 7.39. The summed E-state index contributed by atoms with van der Waals surface area (Å²) in [5, 5.41) is 0. The number of methoxy groups -OCH3 is 1. The van der Waals surface area contributed by atoms with Crippen molar-refractivity contribution in [1.82, 2.24) is 9.97 Å². The van der Waals surface area contributed by atoms with Crippen LogP contribution >= 0.6 is 11.8 Å². The maximum atomic E-state index is 12.3. The van der Waals surface area contributed by atoms with Crippen LogP contribution in [0.25, 0.3) is 0 Å². The number of nitrogens with one attached hydrogen (secondary N) is 1. The maximum absolute atomic E-state index is 12.3. The van der Waals surface area contributed by atoms with Crippen LogP contribution < -0.4 is 20.1 Å². The average molecular weight is 358 g/mol. The molecule has 2 aliphatic heterocycles. The molecule has 0 unspecified atom stereocenters. The van der Waals surface area contributed by atoms with E-state index in [1.54, 1.807) is 18.9 Å². The summed E-state index contributed by atoms with van der Waals surface area (Å²) in [7, 11) is 1.68. The van der Waals surface area contributed by atoms with Gasteiger partial charge in [-0.1, -0.05) is 0 Å². The number of aryl methyl sites for hydroxylation is 1. The van der Waals surface area contributed by atoms with Crippen LogP contribution in [0.2, 0.25) is 0 Å². The van der Waals surface area contributed by atoms with E-state index in [2.05, 4.69) is 26.9 Å². The monoisotopic (exact) mass is 358 g/mol. The number of anilines is 2. The first-order chi connectivity index (χ1) is 12.2. The molecule has 2 aliphatic rings. The highest BCUT2D eigenvalue weighted by Crippen LogP contribution is 2.23. The van der Waals surface area contributed by atoms with Crippen LogP contribution in [0, 0.1) is 0 Å². The van der Waals surface area contributed by atoms with Gasteiger partial charge in [0.2, 0.25) is 5.95 Å². The second kappa shape index (κ2) is 7.00. The number of hydrogen-bond donors (Lipinski definition) is 1. The molecule has 0 amide bonds. The van der Waals surface area contributed by atoms with Gasteiger partial charge in [0.1, 0.15) is 5.75 Å². The first-order valence-electron chi connectivity index (χ1n) is 8.58. The maximum Gasteiger partial charge on any atom is 0.256 e. The lowest BCUT2D eigenvalue weighted by Crippen LogP contribution is -2.47. The average Bonchev–Trinajstić information content (AvgIpc) is 2.68. The van der Waals surface area contributed by atoms with Crippen molar-refractivity contribution >= 4 is 23.4 Å². The van der Waals surface area contributed by atoms with Gasteiger partial charge in [-0.3, -0.25) is 9.78 Å². The van der Waals surface area contributed by atoms with Crippen molar-refractivity contribution < 1.29 is 4.74 Å². The predicted octanol–water partition coefficient (Wildman–Crippen LogP) is 1.89. The lowest BCUT2D eigenvalue weighted by molar-refractivity contribution is 0.415. The van der Waals surface area contributed by atoms with E-state index in [9.17, 15) is 4.79 Å². The molecule has 0 spiro atoms. The largest absolute Gasteiger partial charge is 0.497 e. The Morgan fingerprint density at radius 1 is 1.12 bits per heavy atom. The van der Waals surface area contributed by atoms with E-state index in [4.69, 9.17) is 9.72 Å². The van der Waals surface area contributed by atoms with Gasteiger partial charge in [0.15, 0.2) is 0 Å². The molecule has 1 aromatic heterocycles. The van der Waals surface area contributed by atoms with Crippen LogP contribution in [-0.4, -0.2) is 49.0 Å². The molecule has 25 heavy (non-hydrogen) atoms. The standard InChI is InChI=1S/C18H22N4O2S/c1-24-14-4-2-13(3-5-14)21-7-9-22(10-8-21)18-19-16-6-11-25-12-15(16)17(23)20-18/h2-5H,6-12H2,1H3,(H,19,20,23). The molecule has 1 saturated heterocycles. The molecule has 4 rings (SSSR count). The van der Waals surface area contributed by atoms with Crippen molar-refractivity contribution in [1.29, 1.82) is 0 Å². The first kappa shape index (κ1) is 16.3. The summed E-state index contributed by atoms with van der Waals surface area (Å²) in [5.41, 5.74) is 3.07. The van der Waals surface area contributed by atoms with Crippen molar-refractivity contribution in [3.05, 3.63) is 45.9 Å². The highest BCUT2D eigenvalue weighted by atomic mass is 32.2. The summed E-state index contributed by atoms with van der Waals surface area (Å²) in [6, 6.07) is 8.15. The van der Waals surface area contributed by atoms with Crippen molar-refractivity contribution in [3.8, 4) is 5.75 Å². The minimum Gasteiger partial charge on any atom is -0.497 e. The number of aromatic nitrogens is 2. The molecule has 3 heterocycles. The van der Waals surface area contributed by atoms with E-state index >= 15 is 0 Å². The van der Waals surface area contributed by atoms with Gasteiger partial charge < -0.3 is 14.5 Å². The van der Waals surface area contributed by atoms with Gasteiger partial charge >= 0.3 is 0 Å². The lowest BCUT2D eigenvalue weighted by atomic mass is 10.2. The fourth-order valence-corrected chi connectivity index (χ4v) is 4.33. The third-order valence-electron chi connectivity index (χ3n) is 4.84. The summed E-state index contributed by atoms with van der Waals surface area (Å²) in [5.74, 6) is 3.43. The first-order valence-corrected chi connectivity index (χ1v) is 9.74. The summed E-state index contributed by atoms with van der Waals surface area (Å²) in [4.78, 5) is 24.6. The Bertz CT molecular complexity index is 798. The summed E-state index contributed by atoms with van der Waals surface area (Å²) >= 11 is 1.80. The minimum atomic E-state index is 0.0322. The number of H-pyrrole nitrogens is 1. The Morgan fingerprint density at radius 3 is 2.56 bits per heavy atom. The lowest BCUT2D eigenvalue weighted by Gasteiger charge is -2.36. The van der Waals surface area contributed by atoms with Gasteiger partial charge in [-0.05, 0) is 36.4 Å². The molecular weight excluding hydrogens is 336 g/mol. The number of nitrogens with zero attached hydrogens (tertiary/aromatic N) is 3. The number of piperazine rings is 1. The van der Waals surface area contributed by atoms with Crippen LogP contribution in [0.1, 0.15) is 11.3 Å². The molecule has 7 heteroatoms. The molecule has 0 saturated carbocycles. The van der Waals surface area contributed by atoms with Crippen molar-refractivity contribution in [2.45, 2.75) is 12.2 Å². The number of hydrogen-bond acceptors (Lipinski definition) is 6. The number of ether oxygens (including phenoxy) is 1. The summed E-state index contributed by atoms with van der Waals surface area (Å²) in [6.45, 7) is 3.51. The molecule has 132 valence electrons. The fraction of sp³-hybridized carbons (Fsp3) is 0.444. The number of thioether (sulfide) groups is 1. The number of aromatic amines is 1. The Kier molecular flexibility index (Phi) is 4.57. The summed E-state index contributed by atoms with van der Waals surface area (Å²) in [6.07, 6.45) is 0.892. The van der Waals surface area contributed by atoms with E-state index < -0.39 is 0 Å². The van der Waals surface area contributed by atoms with Gasteiger partial charge in [-0.15, -0.1) is 0 Å². The third-order valence-corrected chi connectivity index (χ3v) is 5.82. The molecule has 0 radical (unpaired) electrons. The third kappa shape index (κ3) is 3.33. The Balaban J connectivity index is 1.46. The van der Waals surface area contributed by atoms with Crippen molar-refractivity contribution in [3.63, 3.8) is 0 Å². The van der Waals surface area contributed by atoms with E-state index in [1.807, 2.05) is 12.1 Å². The molecule has 0 bridgehead atoms. The van der Waals surface area contributed by atoms with Gasteiger partial charge in [0.25, 0.3) is 5.56 Å². The minimum absolute atomic E-state index is 0.0322. The summed E-state index contributed by atoms with van der Waals surface area (Å²) < 4.78 is 5.22. The number of benzene rings is 1. The molecule has 1 aromatic carbocycles. The normalized spacial score (nSPS) is 17.3. The van der Waals surface area contributed by atoms with Gasteiger partial charge in [-0.2, -0.15) is 11.8 Å². The van der Waals surface area contributed by atoms with Gasteiger partial charge in [0.05, 0.1) is 12.8 Å². The Hall–Kier alpha value is -2.15. The zero-order valence-electron chi connectivity index (χ0n) is 14.3. The number of fused-ring (bicyclic) bond motifs is 1. The van der Waals surface area contributed by atoms with Crippen LogP contribution in [0.4, 0.5) is 11.6 Å². The fourth-order valence-electron chi connectivity index (χ4n) is 3.35. The van der Waals surface area contributed by atoms with Crippen molar-refractivity contribution in [2.24, 2.45) is 0 Å². The zero-order chi connectivity index (χ0) is 17.2. The smallest absolute Gasteiger partial charge is 0.256 e. The molecule has 1 N–H and O–H groups in total. The molecule has 6 nitrogen and oxygen atoms in total. The SMILES string of the molecule is COc1ccc(N2CCN(c3nc4c(c(=O)[nH]3)CSCC4)CC2)cc1. The van der Waals surface area contributed by atoms with Gasteiger partial charge in [0, 0.05) is 43.2 Å². The molecule has 1 fully saturated rings. The van der Waals surface area contributed by atoms with Crippen LogP contribution in [0.3, 0.4) is 0 Å². The zero-order valence-corrected chi connectivity index (χ0v) is 15.1. The molecular formula is C18H22N4O2S. The topological polar surface area (TPSA) is 61.5 Å². The van der Waals surface area contributed by atoms with Crippen LogP contribution in [-0.2, 0) is 12.2 Å². The molecule has 0 aliphatic carbocycles. The highest BCUT2D eigenvalue weighted by Gasteiger charge is 2.22. The van der Waals surface area contributed by atoms with Gasteiger partial charge in [-0.25, -0.2) is 4.98 Å². The Morgan fingerprint density at radius 2 is 1.84 bits per heavy atom. The van der Waals surface area contributed by atoms with Crippen LogP contribution in [0.5, 0.6) is 5.75 Å². The van der Waals surface area contributed by atoms with E-state index in [1.165, 1.54) is 5.69 Å². The van der Waals surface area contributed by atoms with E-state index in [0.717, 1.165) is 67.1 Å². The van der Waals surface area contributed by atoms with Crippen molar-refractivity contribution in [2.75, 3.05) is 48.8 Å². The molecule has 2 aromatic rings. The predicted molar refractivity (Wildman–Crippen MR) is 102 cm³/mol. The van der Waals surface area contributed by atoms with Crippen LogP contribution in [0.15, 0.2) is 29.1 Å². The number of rotatable bonds is 3. The highest BCUT2D eigenvalue weighted by molar-refractivity contribution is 7.98. The van der Waals surface area contributed by atoms with E-state index in [0.29, 0.717) is 0 Å². The molecule has 0 atom stereocenters. The van der Waals surface area contributed by atoms with E-state index in [-0.39, 0.29) is 5.56 Å².